The van der Waals surface area contributed by atoms with Crippen molar-refractivity contribution in [3.8, 4) is 5.82 Å². The fourth-order valence-corrected chi connectivity index (χ4v) is 2.91. The van der Waals surface area contributed by atoms with Crippen LogP contribution in [0.4, 0.5) is 0 Å². The zero-order valence-electron chi connectivity index (χ0n) is 12.0. The van der Waals surface area contributed by atoms with Crippen LogP contribution in [0.1, 0.15) is 30.1 Å². The summed E-state index contributed by atoms with van der Waals surface area (Å²) in [6.45, 7) is 3.90. The largest absolute Gasteiger partial charge is 0.338 e. The number of amides is 1. The Bertz CT molecular complexity index is 599. The van der Waals surface area contributed by atoms with Crippen LogP contribution in [0.15, 0.2) is 30.7 Å². The van der Waals surface area contributed by atoms with Gasteiger partial charge in [0.05, 0.1) is 6.20 Å². The first-order valence-electron chi connectivity index (χ1n) is 7.11. The Balaban J connectivity index is 1.92. The van der Waals surface area contributed by atoms with E-state index in [1.807, 2.05) is 41.0 Å². The molecule has 0 N–H and O–H groups in total. The van der Waals surface area contributed by atoms with Gasteiger partial charge in [-0.1, -0.05) is 6.92 Å². The third-order valence-electron chi connectivity index (χ3n) is 3.93. The highest BCUT2D eigenvalue weighted by Gasteiger charge is 2.26. The van der Waals surface area contributed by atoms with E-state index in [4.69, 9.17) is 0 Å². The van der Waals surface area contributed by atoms with Gasteiger partial charge in [-0.3, -0.25) is 9.48 Å². The Kier molecular flexibility index (Phi) is 3.34. The van der Waals surface area contributed by atoms with Gasteiger partial charge in [0, 0.05) is 32.5 Å². The zero-order valence-corrected chi connectivity index (χ0v) is 12.0. The second kappa shape index (κ2) is 5.15. The number of likely N-dealkylation sites (tertiary alicyclic amines) is 1. The van der Waals surface area contributed by atoms with Crippen LogP contribution in [0, 0.1) is 5.92 Å². The van der Waals surface area contributed by atoms with Crippen molar-refractivity contribution in [1.29, 1.82) is 0 Å². The standard InChI is InChI=1S/C15H20N4O/c1-12-6-5-9-19(11-12)15(20)13-10-16-17(2)14(13)18-7-3-4-8-18/h3-4,7-8,10,12H,5-6,9,11H2,1-2H3. The number of nitrogens with zero attached hydrogens (tertiary/aromatic N) is 4. The normalized spacial score (nSPS) is 19.3. The van der Waals surface area contributed by atoms with Crippen molar-refractivity contribution >= 4 is 5.91 Å². The number of carbonyl (C=O) groups excluding carboxylic acids is 1. The lowest BCUT2D eigenvalue weighted by molar-refractivity contribution is 0.0683. The molecule has 5 nitrogen and oxygen atoms in total. The van der Waals surface area contributed by atoms with Gasteiger partial charge in [0.1, 0.15) is 11.4 Å². The fraction of sp³-hybridized carbons (Fsp3) is 0.467. The van der Waals surface area contributed by atoms with E-state index >= 15 is 0 Å². The van der Waals surface area contributed by atoms with Gasteiger partial charge in [0.25, 0.3) is 5.91 Å². The average molecular weight is 272 g/mol. The smallest absolute Gasteiger partial charge is 0.259 e. The monoisotopic (exact) mass is 272 g/mol. The lowest BCUT2D eigenvalue weighted by Crippen LogP contribution is -2.39. The van der Waals surface area contributed by atoms with Gasteiger partial charge < -0.3 is 9.47 Å². The highest BCUT2D eigenvalue weighted by molar-refractivity contribution is 5.97. The number of aromatic nitrogens is 3. The summed E-state index contributed by atoms with van der Waals surface area (Å²) in [7, 11) is 1.87. The first-order chi connectivity index (χ1) is 9.66. The van der Waals surface area contributed by atoms with Gasteiger partial charge in [-0.15, -0.1) is 0 Å². The van der Waals surface area contributed by atoms with E-state index in [2.05, 4.69) is 12.0 Å². The second-order valence-corrected chi connectivity index (χ2v) is 5.59. The van der Waals surface area contributed by atoms with Gasteiger partial charge >= 0.3 is 0 Å². The van der Waals surface area contributed by atoms with E-state index < -0.39 is 0 Å². The van der Waals surface area contributed by atoms with Crippen LogP contribution in [-0.2, 0) is 7.05 Å². The van der Waals surface area contributed by atoms with Crippen LogP contribution in [0.25, 0.3) is 5.82 Å². The molecule has 0 radical (unpaired) electrons. The molecule has 1 unspecified atom stereocenters. The maximum absolute atomic E-state index is 12.7. The highest BCUT2D eigenvalue weighted by Crippen LogP contribution is 2.21. The van der Waals surface area contributed by atoms with E-state index in [1.54, 1.807) is 10.9 Å². The molecule has 1 saturated heterocycles. The zero-order chi connectivity index (χ0) is 14.1. The molecule has 0 bridgehead atoms. The highest BCUT2D eigenvalue weighted by atomic mass is 16.2. The SMILES string of the molecule is CC1CCCN(C(=O)c2cnn(C)c2-n2cccc2)C1. The maximum atomic E-state index is 12.7. The Morgan fingerprint density at radius 1 is 1.35 bits per heavy atom. The molecule has 5 heteroatoms. The Morgan fingerprint density at radius 2 is 2.10 bits per heavy atom. The summed E-state index contributed by atoms with van der Waals surface area (Å²) in [5, 5.41) is 4.26. The lowest BCUT2D eigenvalue weighted by atomic mass is 10.00. The van der Waals surface area contributed by atoms with Gasteiger partial charge in [0.2, 0.25) is 0 Å². The average Bonchev–Trinajstić information content (AvgIpc) is 3.06. The van der Waals surface area contributed by atoms with Crippen LogP contribution < -0.4 is 0 Å². The van der Waals surface area contributed by atoms with Crippen LogP contribution in [0.2, 0.25) is 0 Å². The van der Waals surface area contributed by atoms with Crippen molar-refractivity contribution in [1.82, 2.24) is 19.2 Å². The summed E-state index contributed by atoms with van der Waals surface area (Å²) in [6, 6.07) is 3.90. The van der Waals surface area contributed by atoms with Crippen molar-refractivity contribution in [2.75, 3.05) is 13.1 Å². The summed E-state index contributed by atoms with van der Waals surface area (Å²) in [4.78, 5) is 14.7. The molecule has 0 spiro atoms. The fourth-order valence-electron chi connectivity index (χ4n) is 2.91. The molecule has 20 heavy (non-hydrogen) atoms. The number of carbonyl (C=O) groups is 1. The summed E-state index contributed by atoms with van der Waals surface area (Å²) in [5.74, 6) is 1.51. The summed E-state index contributed by atoms with van der Waals surface area (Å²) < 4.78 is 3.69. The minimum atomic E-state index is 0.0911. The molecule has 1 aliphatic heterocycles. The molecule has 2 aromatic heterocycles. The minimum absolute atomic E-state index is 0.0911. The van der Waals surface area contributed by atoms with Gasteiger partial charge in [-0.2, -0.15) is 5.10 Å². The van der Waals surface area contributed by atoms with Crippen LogP contribution in [0.3, 0.4) is 0 Å². The summed E-state index contributed by atoms with van der Waals surface area (Å²) >= 11 is 0. The molecular formula is C15H20N4O. The predicted octanol–water partition coefficient (Wildman–Crippen LogP) is 2.08. The number of piperidine rings is 1. The van der Waals surface area contributed by atoms with Crippen molar-refractivity contribution in [3.63, 3.8) is 0 Å². The Labute approximate surface area is 118 Å². The molecule has 3 heterocycles. The van der Waals surface area contributed by atoms with E-state index in [0.29, 0.717) is 11.5 Å². The minimum Gasteiger partial charge on any atom is -0.338 e. The first-order valence-corrected chi connectivity index (χ1v) is 7.11. The molecule has 0 aromatic carbocycles. The molecule has 1 aliphatic rings. The van der Waals surface area contributed by atoms with Crippen molar-refractivity contribution in [2.24, 2.45) is 13.0 Å². The third kappa shape index (κ3) is 2.24. The van der Waals surface area contributed by atoms with Crippen molar-refractivity contribution < 1.29 is 4.79 Å². The lowest BCUT2D eigenvalue weighted by Gasteiger charge is -2.30. The number of aryl methyl sites for hydroxylation is 1. The predicted molar refractivity (Wildman–Crippen MR) is 76.8 cm³/mol. The molecule has 1 fully saturated rings. The number of rotatable bonds is 2. The third-order valence-corrected chi connectivity index (χ3v) is 3.93. The van der Waals surface area contributed by atoms with Crippen LogP contribution in [-0.4, -0.2) is 38.2 Å². The van der Waals surface area contributed by atoms with Gasteiger partial charge in [0.15, 0.2) is 0 Å². The Morgan fingerprint density at radius 3 is 2.80 bits per heavy atom. The quantitative estimate of drug-likeness (QED) is 0.840. The van der Waals surface area contributed by atoms with Crippen molar-refractivity contribution in [3.05, 3.63) is 36.3 Å². The molecule has 0 saturated carbocycles. The van der Waals surface area contributed by atoms with E-state index in [-0.39, 0.29) is 5.91 Å². The van der Waals surface area contributed by atoms with Crippen molar-refractivity contribution in [2.45, 2.75) is 19.8 Å². The van der Waals surface area contributed by atoms with E-state index in [0.717, 1.165) is 25.3 Å². The topological polar surface area (TPSA) is 43.1 Å². The van der Waals surface area contributed by atoms with E-state index in [9.17, 15) is 4.79 Å². The van der Waals surface area contributed by atoms with Gasteiger partial charge in [-0.05, 0) is 30.9 Å². The number of hydrogen-bond donors (Lipinski definition) is 0. The maximum Gasteiger partial charge on any atom is 0.259 e. The molecular weight excluding hydrogens is 252 g/mol. The molecule has 1 amide bonds. The van der Waals surface area contributed by atoms with Crippen LogP contribution >= 0.6 is 0 Å². The molecule has 1 atom stereocenters. The second-order valence-electron chi connectivity index (χ2n) is 5.59. The molecule has 3 rings (SSSR count). The summed E-state index contributed by atoms with van der Waals surface area (Å²) in [5.41, 5.74) is 0.679. The van der Waals surface area contributed by atoms with Gasteiger partial charge in [-0.25, -0.2) is 0 Å². The van der Waals surface area contributed by atoms with E-state index in [1.165, 1.54) is 6.42 Å². The first kappa shape index (κ1) is 13.0. The molecule has 2 aromatic rings. The summed E-state index contributed by atoms with van der Waals surface area (Å²) in [6.07, 6.45) is 7.85. The molecule has 0 aliphatic carbocycles. The molecule has 106 valence electrons. The van der Waals surface area contributed by atoms with Crippen LogP contribution in [0.5, 0.6) is 0 Å². The number of hydrogen-bond acceptors (Lipinski definition) is 2. The Hall–Kier alpha value is -2.04.